The number of rotatable bonds is 6. The normalized spacial score (nSPS) is 10.5. The van der Waals surface area contributed by atoms with E-state index in [-0.39, 0.29) is 0 Å². The van der Waals surface area contributed by atoms with Gasteiger partial charge in [-0.1, -0.05) is 11.6 Å². The largest absolute Gasteiger partial charge is 0.497 e. The molecule has 0 saturated carbocycles. The van der Waals surface area contributed by atoms with Gasteiger partial charge >= 0.3 is 0 Å². The molecule has 0 unspecified atom stereocenters. The van der Waals surface area contributed by atoms with Crippen LogP contribution in [-0.2, 0) is 12.3 Å². The third kappa shape index (κ3) is 3.85. The molecule has 0 saturated heterocycles. The van der Waals surface area contributed by atoms with Gasteiger partial charge in [0.1, 0.15) is 17.3 Å². The Morgan fingerprint density at radius 1 is 1.26 bits per heavy atom. The van der Waals surface area contributed by atoms with Crippen molar-refractivity contribution in [2.24, 2.45) is 0 Å². The highest BCUT2D eigenvalue weighted by Crippen LogP contribution is 2.27. The molecule has 0 atom stereocenters. The van der Waals surface area contributed by atoms with Gasteiger partial charge in [-0.2, -0.15) is 11.8 Å². The number of thioether (sulfide) groups is 1. The maximum Gasteiger partial charge on any atom is 0.123 e. The van der Waals surface area contributed by atoms with Gasteiger partial charge in [0.25, 0.3) is 0 Å². The molecule has 0 spiro atoms. The lowest BCUT2D eigenvalue weighted by Crippen LogP contribution is -1.99. The van der Waals surface area contributed by atoms with Crippen LogP contribution in [0.2, 0.25) is 5.02 Å². The molecule has 5 heteroatoms. The van der Waals surface area contributed by atoms with E-state index in [0.29, 0.717) is 11.6 Å². The molecule has 102 valence electrons. The Morgan fingerprint density at radius 3 is 2.79 bits per heavy atom. The molecule has 2 aromatic rings. The topological polar surface area (TPSA) is 34.4 Å². The second-order valence-electron chi connectivity index (χ2n) is 4.00. The highest BCUT2D eigenvalue weighted by molar-refractivity contribution is 7.97. The van der Waals surface area contributed by atoms with E-state index in [4.69, 9.17) is 20.8 Å². The van der Waals surface area contributed by atoms with Crippen molar-refractivity contribution in [3.8, 4) is 5.75 Å². The predicted molar refractivity (Wildman–Crippen MR) is 81.3 cm³/mol. The van der Waals surface area contributed by atoms with E-state index in [9.17, 15) is 0 Å². The fourth-order valence-electron chi connectivity index (χ4n) is 1.69. The molecule has 0 aliphatic heterocycles. The van der Waals surface area contributed by atoms with Crippen LogP contribution in [0.5, 0.6) is 5.75 Å². The van der Waals surface area contributed by atoms with Gasteiger partial charge in [-0.05, 0) is 30.5 Å². The molecule has 0 amide bonds. The summed E-state index contributed by atoms with van der Waals surface area (Å²) in [6.07, 6.45) is 2.05. The van der Waals surface area contributed by atoms with Crippen molar-refractivity contribution in [2.45, 2.75) is 12.3 Å². The average molecular weight is 298 g/mol. The fourth-order valence-corrected chi connectivity index (χ4v) is 2.31. The van der Waals surface area contributed by atoms with Crippen LogP contribution in [0.4, 0.5) is 5.69 Å². The molecular weight excluding hydrogens is 282 g/mol. The molecule has 3 nitrogen and oxygen atoms in total. The number of halogens is 1. The molecule has 1 N–H and O–H groups in total. The molecule has 19 heavy (non-hydrogen) atoms. The molecule has 2 rings (SSSR count). The molecular formula is C14H16ClNO2S. The summed E-state index contributed by atoms with van der Waals surface area (Å²) in [5.74, 6) is 3.54. The first-order valence-electron chi connectivity index (χ1n) is 5.87. The van der Waals surface area contributed by atoms with Crippen molar-refractivity contribution in [1.29, 1.82) is 0 Å². The van der Waals surface area contributed by atoms with Crippen LogP contribution < -0.4 is 10.1 Å². The molecule has 1 aromatic heterocycles. The van der Waals surface area contributed by atoms with E-state index < -0.39 is 0 Å². The Kier molecular flexibility index (Phi) is 5.05. The minimum Gasteiger partial charge on any atom is -0.497 e. The third-order valence-electron chi connectivity index (χ3n) is 2.63. The number of hydrogen-bond donors (Lipinski definition) is 1. The summed E-state index contributed by atoms with van der Waals surface area (Å²) in [6, 6.07) is 9.49. The Hall–Kier alpha value is -1.26. The maximum atomic E-state index is 6.12. The number of furan rings is 1. The number of methoxy groups -OCH3 is 1. The van der Waals surface area contributed by atoms with Crippen LogP contribution >= 0.6 is 23.4 Å². The van der Waals surface area contributed by atoms with E-state index in [1.165, 1.54) is 0 Å². The van der Waals surface area contributed by atoms with Gasteiger partial charge in [-0.25, -0.2) is 0 Å². The highest BCUT2D eigenvalue weighted by Gasteiger charge is 2.05. The second-order valence-corrected chi connectivity index (χ2v) is 5.27. The van der Waals surface area contributed by atoms with Gasteiger partial charge < -0.3 is 14.5 Å². The summed E-state index contributed by atoms with van der Waals surface area (Å²) in [5.41, 5.74) is 0.837. The van der Waals surface area contributed by atoms with Crippen molar-refractivity contribution in [3.05, 3.63) is 46.9 Å². The fraction of sp³-hybridized carbons (Fsp3) is 0.286. The van der Waals surface area contributed by atoms with Gasteiger partial charge in [0, 0.05) is 6.07 Å². The summed E-state index contributed by atoms with van der Waals surface area (Å²) in [5, 5.41) is 3.91. The van der Waals surface area contributed by atoms with Crippen molar-refractivity contribution in [1.82, 2.24) is 0 Å². The van der Waals surface area contributed by atoms with E-state index in [0.717, 1.165) is 28.7 Å². The summed E-state index contributed by atoms with van der Waals surface area (Å²) in [6.45, 7) is 0.598. The Labute approximate surface area is 122 Å². The minimum absolute atomic E-state index is 0.598. The molecule has 0 radical (unpaired) electrons. The summed E-state index contributed by atoms with van der Waals surface area (Å²) >= 11 is 7.86. The highest BCUT2D eigenvalue weighted by atomic mass is 35.5. The number of ether oxygens (including phenoxy) is 1. The monoisotopic (exact) mass is 297 g/mol. The third-order valence-corrected chi connectivity index (χ3v) is 3.53. The van der Waals surface area contributed by atoms with Gasteiger partial charge in [0.2, 0.25) is 0 Å². The number of benzene rings is 1. The average Bonchev–Trinajstić information content (AvgIpc) is 2.86. The maximum absolute atomic E-state index is 6.12. The smallest absolute Gasteiger partial charge is 0.123 e. The standard InChI is InChI=1S/C14H16ClNO2S/c1-17-10-5-6-13(15)14(7-10)16-8-11-3-4-12(18-11)9-19-2/h3-7,16H,8-9H2,1-2H3. The zero-order valence-electron chi connectivity index (χ0n) is 10.9. The van der Waals surface area contributed by atoms with Gasteiger partial charge in [0.15, 0.2) is 0 Å². The summed E-state index contributed by atoms with van der Waals surface area (Å²) in [4.78, 5) is 0. The molecule has 0 aliphatic rings. The zero-order valence-corrected chi connectivity index (χ0v) is 12.5. The van der Waals surface area contributed by atoms with Crippen LogP contribution in [0.25, 0.3) is 0 Å². The van der Waals surface area contributed by atoms with E-state index in [1.54, 1.807) is 18.9 Å². The number of anilines is 1. The van der Waals surface area contributed by atoms with Gasteiger partial charge in [-0.15, -0.1) is 0 Å². The van der Waals surface area contributed by atoms with E-state index in [2.05, 4.69) is 11.6 Å². The lowest BCUT2D eigenvalue weighted by Gasteiger charge is -2.08. The van der Waals surface area contributed by atoms with Crippen LogP contribution in [0.3, 0.4) is 0 Å². The van der Waals surface area contributed by atoms with Crippen molar-refractivity contribution in [3.63, 3.8) is 0 Å². The van der Waals surface area contributed by atoms with Gasteiger partial charge in [-0.3, -0.25) is 0 Å². The van der Waals surface area contributed by atoms with Crippen LogP contribution in [0.1, 0.15) is 11.5 Å². The Morgan fingerprint density at radius 2 is 2.05 bits per heavy atom. The molecule has 1 heterocycles. The van der Waals surface area contributed by atoms with Crippen LogP contribution in [-0.4, -0.2) is 13.4 Å². The second kappa shape index (κ2) is 6.78. The van der Waals surface area contributed by atoms with Crippen molar-refractivity contribution >= 4 is 29.1 Å². The van der Waals surface area contributed by atoms with Crippen molar-refractivity contribution < 1.29 is 9.15 Å². The van der Waals surface area contributed by atoms with E-state index >= 15 is 0 Å². The Bertz CT molecular complexity index is 542. The first-order chi connectivity index (χ1) is 9.22. The zero-order chi connectivity index (χ0) is 13.7. The summed E-state index contributed by atoms with van der Waals surface area (Å²) < 4.78 is 10.9. The lowest BCUT2D eigenvalue weighted by atomic mass is 10.3. The lowest BCUT2D eigenvalue weighted by molar-refractivity contribution is 0.415. The quantitative estimate of drug-likeness (QED) is 0.856. The first-order valence-corrected chi connectivity index (χ1v) is 7.64. The van der Waals surface area contributed by atoms with E-state index in [1.807, 2.05) is 30.3 Å². The van der Waals surface area contributed by atoms with Crippen LogP contribution in [0.15, 0.2) is 34.7 Å². The van der Waals surface area contributed by atoms with Crippen LogP contribution in [0, 0.1) is 0 Å². The van der Waals surface area contributed by atoms with Crippen molar-refractivity contribution in [2.75, 3.05) is 18.7 Å². The molecule has 0 bridgehead atoms. The first kappa shape index (κ1) is 14.2. The molecule has 0 fully saturated rings. The Balaban J connectivity index is 2.01. The minimum atomic E-state index is 0.598. The molecule has 0 aliphatic carbocycles. The van der Waals surface area contributed by atoms with Gasteiger partial charge in [0.05, 0.1) is 30.1 Å². The number of hydrogen-bond acceptors (Lipinski definition) is 4. The number of nitrogens with one attached hydrogen (secondary N) is 1. The molecule has 1 aromatic carbocycles. The predicted octanol–water partition coefficient (Wildman–Crippen LogP) is 4.42. The SMILES string of the molecule is COc1ccc(Cl)c(NCc2ccc(CSC)o2)c1. The summed E-state index contributed by atoms with van der Waals surface area (Å²) in [7, 11) is 1.63.